The van der Waals surface area contributed by atoms with Gasteiger partial charge in [0.1, 0.15) is 21.3 Å². The van der Waals surface area contributed by atoms with Gasteiger partial charge in [-0.05, 0) is 62.4 Å². The van der Waals surface area contributed by atoms with Crippen LogP contribution in [0.5, 0.6) is 0 Å². The summed E-state index contributed by atoms with van der Waals surface area (Å²) in [6.07, 6.45) is 3.33. The molecular weight excluding hydrogens is 498 g/mol. The average molecular weight is 529 g/mol. The number of rotatable bonds is 8. The van der Waals surface area contributed by atoms with E-state index in [0.29, 0.717) is 24.7 Å². The largest absolute Gasteiger partial charge is 0.374 e. The van der Waals surface area contributed by atoms with Crippen molar-refractivity contribution in [1.82, 2.24) is 9.88 Å². The number of ether oxygens (including phenoxy) is 1. The van der Waals surface area contributed by atoms with Crippen LogP contribution in [0.1, 0.15) is 31.7 Å². The fourth-order valence-corrected chi connectivity index (χ4v) is 6.63. The summed E-state index contributed by atoms with van der Waals surface area (Å²) in [6.45, 7) is 7.96. The molecule has 7 nitrogen and oxygen atoms in total. The van der Waals surface area contributed by atoms with Gasteiger partial charge in [0, 0.05) is 33.3 Å². The van der Waals surface area contributed by atoms with Gasteiger partial charge >= 0.3 is 0 Å². The fraction of sp³-hybridized carbons (Fsp3) is 0.542. The molecule has 35 heavy (non-hydrogen) atoms. The van der Waals surface area contributed by atoms with Crippen LogP contribution in [-0.4, -0.2) is 63.7 Å². The second-order valence-corrected chi connectivity index (χ2v) is 11.7. The van der Waals surface area contributed by atoms with Crippen LogP contribution >= 0.6 is 11.6 Å². The lowest BCUT2D eigenvalue weighted by atomic mass is 9.88. The van der Waals surface area contributed by atoms with Crippen molar-refractivity contribution in [3.8, 4) is 0 Å². The molecule has 1 aromatic heterocycles. The van der Waals surface area contributed by atoms with Gasteiger partial charge in [-0.2, -0.15) is 4.39 Å². The van der Waals surface area contributed by atoms with Gasteiger partial charge in [-0.1, -0.05) is 24.6 Å². The number of anilines is 2. The Morgan fingerprint density at radius 3 is 2.71 bits per heavy atom. The molecule has 1 atom stereocenters. The quantitative estimate of drug-likeness (QED) is 0.510. The molecule has 4 rings (SSSR count). The summed E-state index contributed by atoms with van der Waals surface area (Å²) in [4.78, 5) is 7.26. The van der Waals surface area contributed by atoms with Crippen LogP contribution in [0.3, 0.4) is 0 Å². The molecule has 2 aromatic rings. The van der Waals surface area contributed by atoms with Crippen LogP contribution < -0.4 is 9.62 Å². The number of halogens is 3. The Hall–Kier alpha value is -2.01. The maximum absolute atomic E-state index is 15.3. The third-order valence-electron chi connectivity index (χ3n) is 6.91. The van der Waals surface area contributed by atoms with Crippen molar-refractivity contribution in [2.24, 2.45) is 5.92 Å². The van der Waals surface area contributed by atoms with Crippen molar-refractivity contribution in [1.29, 1.82) is 0 Å². The van der Waals surface area contributed by atoms with Gasteiger partial charge in [-0.15, -0.1) is 0 Å². The summed E-state index contributed by atoms with van der Waals surface area (Å²) in [5.74, 6) is -1.46. The molecule has 0 unspecified atom stereocenters. The molecule has 2 aliphatic rings. The van der Waals surface area contributed by atoms with Crippen molar-refractivity contribution in [3.63, 3.8) is 0 Å². The number of hydrogen-bond donors (Lipinski definition) is 1. The Labute approximate surface area is 210 Å². The molecule has 2 fully saturated rings. The lowest BCUT2D eigenvalue weighted by molar-refractivity contribution is -0.0467. The van der Waals surface area contributed by atoms with Gasteiger partial charge in [-0.25, -0.2) is 17.8 Å². The number of aromatic nitrogens is 1. The molecule has 0 aliphatic carbocycles. The molecule has 11 heteroatoms. The van der Waals surface area contributed by atoms with Crippen LogP contribution in [0.15, 0.2) is 29.2 Å². The SMILES string of the molecule is COC1(CCN2CCC[C@@H](C)C2)CN(c2cc(C)c(S(=O)(=O)Nc3cccc(F)n3)c(F)c2Cl)C1. The van der Waals surface area contributed by atoms with Crippen molar-refractivity contribution in [2.75, 3.05) is 49.5 Å². The van der Waals surface area contributed by atoms with Gasteiger partial charge in [0.15, 0.2) is 5.82 Å². The number of hydrogen-bond acceptors (Lipinski definition) is 6. The highest BCUT2D eigenvalue weighted by molar-refractivity contribution is 7.92. The monoisotopic (exact) mass is 528 g/mol. The zero-order valence-corrected chi connectivity index (χ0v) is 21.7. The summed E-state index contributed by atoms with van der Waals surface area (Å²) in [7, 11) is -2.70. The molecule has 2 saturated heterocycles. The number of benzene rings is 1. The molecular formula is C24H31ClF2N4O3S. The summed E-state index contributed by atoms with van der Waals surface area (Å²) < 4.78 is 62.4. The smallest absolute Gasteiger partial charge is 0.266 e. The Kier molecular flexibility index (Phi) is 7.57. The Balaban J connectivity index is 1.49. The van der Waals surface area contributed by atoms with Gasteiger partial charge in [0.05, 0.1) is 5.69 Å². The minimum Gasteiger partial charge on any atom is -0.374 e. The van der Waals surface area contributed by atoms with E-state index in [2.05, 4.69) is 21.5 Å². The molecule has 1 aromatic carbocycles. The predicted octanol–water partition coefficient (Wildman–Crippen LogP) is 4.45. The number of sulfonamides is 1. The molecule has 0 spiro atoms. The first-order valence-corrected chi connectivity index (χ1v) is 13.6. The highest BCUT2D eigenvalue weighted by Crippen LogP contribution is 2.41. The molecule has 0 saturated carbocycles. The van der Waals surface area contributed by atoms with Gasteiger partial charge in [0.25, 0.3) is 10.0 Å². The number of nitrogens with one attached hydrogen (secondary N) is 1. The molecule has 1 N–H and O–H groups in total. The van der Waals surface area contributed by atoms with E-state index < -0.39 is 26.7 Å². The third kappa shape index (κ3) is 5.55. The van der Waals surface area contributed by atoms with E-state index in [1.54, 1.807) is 13.2 Å². The molecule has 0 amide bonds. The first-order chi connectivity index (χ1) is 16.5. The fourth-order valence-electron chi connectivity index (χ4n) is 4.99. The van der Waals surface area contributed by atoms with Crippen LogP contribution in [-0.2, 0) is 14.8 Å². The summed E-state index contributed by atoms with van der Waals surface area (Å²) >= 11 is 6.33. The molecule has 0 bridgehead atoms. The second-order valence-electron chi connectivity index (χ2n) is 9.66. The first kappa shape index (κ1) is 26.1. The third-order valence-corrected chi connectivity index (χ3v) is 8.78. The van der Waals surface area contributed by atoms with Crippen molar-refractivity contribution < 1.29 is 21.9 Å². The van der Waals surface area contributed by atoms with Crippen molar-refractivity contribution in [2.45, 2.75) is 43.6 Å². The van der Waals surface area contributed by atoms with Crippen molar-refractivity contribution >= 4 is 33.1 Å². The predicted molar refractivity (Wildman–Crippen MR) is 133 cm³/mol. The minimum absolute atomic E-state index is 0.183. The lowest BCUT2D eigenvalue weighted by Gasteiger charge is -2.51. The standard InChI is InChI=1S/C24H31ClF2N4O3S/c1-16-6-5-10-30(13-16)11-9-24(34-3)14-31(15-24)18-12-17(2)23(22(27)21(18)25)35(32,33)29-20-8-4-7-19(26)28-20/h4,7-8,12,16H,5-6,9-11,13-15H2,1-3H3,(H,28,29)/t16-/m1/s1. The number of methoxy groups -OCH3 is 1. The van der Waals surface area contributed by atoms with Crippen LogP contribution in [0.25, 0.3) is 0 Å². The van der Waals surface area contributed by atoms with E-state index in [4.69, 9.17) is 16.3 Å². The van der Waals surface area contributed by atoms with Crippen LogP contribution in [0.4, 0.5) is 20.3 Å². The molecule has 192 valence electrons. The number of aryl methyl sites for hydroxylation is 1. The Morgan fingerprint density at radius 2 is 2.06 bits per heavy atom. The highest BCUT2D eigenvalue weighted by Gasteiger charge is 2.45. The molecule has 3 heterocycles. The number of likely N-dealkylation sites (tertiary alicyclic amines) is 1. The lowest BCUT2D eigenvalue weighted by Crippen LogP contribution is -2.64. The van der Waals surface area contributed by atoms with Gasteiger partial charge < -0.3 is 14.5 Å². The maximum Gasteiger partial charge on any atom is 0.266 e. The van der Waals surface area contributed by atoms with E-state index in [1.807, 2.05) is 4.90 Å². The van der Waals surface area contributed by atoms with Crippen LogP contribution in [0, 0.1) is 24.6 Å². The highest BCUT2D eigenvalue weighted by atomic mass is 35.5. The summed E-state index contributed by atoms with van der Waals surface area (Å²) in [6, 6.07) is 5.22. The molecule has 2 aliphatic heterocycles. The zero-order valence-electron chi connectivity index (χ0n) is 20.2. The van der Waals surface area contributed by atoms with E-state index in [9.17, 15) is 12.8 Å². The van der Waals surface area contributed by atoms with E-state index in [1.165, 1.54) is 31.9 Å². The topological polar surface area (TPSA) is 74.8 Å². The number of nitrogens with zero attached hydrogens (tertiary/aromatic N) is 3. The van der Waals surface area contributed by atoms with E-state index in [0.717, 1.165) is 32.1 Å². The molecule has 0 radical (unpaired) electrons. The van der Waals surface area contributed by atoms with E-state index >= 15 is 4.39 Å². The normalized spacial score (nSPS) is 20.5. The summed E-state index contributed by atoms with van der Waals surface area (Å²) in [5.41, 5.74) is 0.246. The number of pyridine rings is 1. The van der Waals surface area contributed by atoms with E-state index in [-0.39, 0.29) is 22.0 Å². The zero-order chi connectivity index (χ0) is 25.4. The number of piperidine rings is 1. The Morgan fingerprint density at radius 1 is 1.31 bits per heavy atom. The average Bonchev–Trinajstić information content (AvgIpc) is 2.76. The maximum atomic E-state index is 15.3. The van der Waals surface area contributed by atoms with Gasteiger partial charge in [0.2, 0.25) is 5.95 Å². The van der Waals surface area contributed by atoms with Gasteiger partial charge in [-0.3, -0.25) is 4.72 Å². The second kappa shape index (κ2) is 10.2. The van der Waals surface area contributed by atoms with Crippen LogP contribution in [0.2, 0.25) is 5.02 Å². The Bertz CT molecular complexity index is 1190. The summed E-state index contributed by atoms with van der Waals surface area (Å²) in [5, 5.41) is -0.280. The minimum atomic E-state index is -4.39. The van der Waals surface area contributed by atoms with Crippen molar-refractivity contribution in [3.05, 3.63) is 46.6 Å². The first-order valence-electron chi connectivity index (χ1n) is 11.7.